The Labute approximate surface area is 169 Å². The van der Waals surface area contributed by atoms with Crippen LogP contribution >= 0.6 is 0 Å². The van der Waals surface area contributed by atoms with Gasteiger partial charge in [0.2, 0.25) is 5.91 Å². The highest BCUT2D eigenvalue weighted by Crippen LogP contribution is 2.17. The average Bonchev–Trinajstić information content (AvgIpc) is 3.21. The summed E-state index contributed by atoms with van der Waals surface area (Å²) in [6.07, 6.45) is 3.42. The Morgan fingerprint density at radius 1 is 1.10 bits per heavy atom. The predicted molar refractivity (Wildman–Crippen MR) is 111 cm³/mol. The molecule has 2 aromatic heterocycles. The van der Waals surface area contributed by atoms with Gasteiger partial charge in [0.25, 0.3) is 5.91 Å². The third kappa shape index (κ3) is 5.10. The van der Waals surface area contributed by atoms with Crippen molar-refractivity contribution in [3.05, 3.63) is 65.0 Å². The maximum absolute atomic E-state index is 12.5. The summed E-state index contributed by atoms with van der Waals surface area (Å²) in [6, 6.07) is 7.28. The summed E-state index contributed by atoms with van der Waals surface area (Å²) in [5.41, 5.74) is 4.03. The van der Waals surface area contributed by atoms with Crippen LogP contribution in [0.1, 0.15) is 33.1 Å². The van der Waals surface area contributed by atoms with Gasteiger partial charge in [-0.05, 0) is 51.5 Å². The molecule has 1 aromatic carbocycles. The average molecular weight is 394 g/mol. The molecule has 0 aliphatic heterocycles. The first-order valence-corrected chi connectivity index (χ1v) is 9.51. The number of hydrogen-bond donors (Lipinski definition) is 2. The van der Waals surface area contributed by atoms with E-state index in [0.717, 1.165) is 22.8 Å². The van der Waals surface area contributed by atoms with E-state index in [9.17, 15) is 9.59 Å². The number of nitrogens with one attached hydrogen (secondary N) is 2. The second-order valence-electron chi connectivity index (χ2n) is 7.09. The lowest BCUT2D eigenvalue weighted by molar-refractivity contribution is -0.116. The lowest BCUT2D eigenvalue weighted by atomic mass is 10.1. The maximum atomic E-state index is 12.5. The van der Waals surface area contributed by atoms with E-state index in [1.165, 1.54) is 0 Å². The zero-order valence-electron chi connectivity index (χ0n) is 17.2. The van der Waals surface area contributed by atoms with Crippen molar-refractivity contribution in [3.63, 3.8) is 0 Å². The first kappa shape index (κ1) is 20.3. The summed E-state index contributed by atoms with van der Waals surface area (Å²) in [4.78, 5) is 29.0. The summed E-state index contributed by atoms with van der Waals surface area (Å²) in [6.45, 7) is 8.91. The molecule has 0 fully saturated rings. The van der Waals surface area contributed by atoms with E-state index in [2.05, 4.69) is 20.7 Å². The molecule has 152 valence electrons. The van der Waals surface area contributed by atoms with Crippen LogP contribution in [-0.4, -0.2) is 37.7 Å². The van der Waals surface area contributed by atoms with Crippen molar-refractivity contribution in [3.8, 4) is 0 Å². The minimum absolute atomic E-state index is 0.170. The van der Waals surface area contributed by atoms with Crippen LogP contribution < -0.4 is 10.6 Å². The number of amides is 2. The number of carbonyl (C=O) groups excluding carboxylic acids is 2. The first-order valence-electron chi connectivity index (χ1n) is 9.51. The van der Waals surface area contributed by atoms with Gasteiger partial charge in [-0.1, -0.05) is 6.07 Å². The highest BCUT2D eigenvalue weighted by atomic mass is 16.2. The number of hydrogen-bond acceptors (Lipinski definition) is 4. The maximum Gasteiger partial charge on any atom is 0.251 e. The van der Waals surface area contributed by atoms with Gasteiger partial charge in [-0.2, -0.15) is 5.10 Å². The summed E-state index contributed by atoms with van der Waals surface area (Å²) < 4.78 is 3.63. The van der Waals surface area contributed by atoms with Crippen molar-refractivity contribution in [2.75, 3.05) is 11.9 Å². The number of carbonyl (C=O) groups is 2. The Bertz CT molecular complexity index is 1030. The van der Waals surface area contributed by atoms with Crippen molar-refractivity contribution < 1.29 is 9.59 Å². The molecule has 0 saturated heterocycles. The first-order chi connectivity index (χ1) is 13.8. The van der Waals surface area contributed by atoms with Crippen LogP contribution in [0.25, 0.3) is 0 Å². The van der Waals surface area contributed by atoms with Gasteiger partial charge >= 0.3 is 0 Å². The minimum atomic E-state index is -0.188. The monoisotopic (exact) mass is 394 g/mol. The fourth-order valence-electron chi connectivity index (χ4n) is 3.09. The van der Waals surface area contributed by atoms with Gasteiger partial charge in [0.1, 0.15) is 12.4 Å². The van der Waals surface area contributed by atoms with E-state index in [4.69, 9.17) is 0 Å². The molecular formula is C21H26N6O2. The number of nitrogens with zero attached hydrogens (tertiary/aromatic N) is 4. The second kappa shape index (κ2) is 8.72. The molecule has 3 aromatic rings. The molecule has 0 radical (unpaired) electrons. The van der Waals surface area contributed by atoms with E-state index in [1.807, 2.05) is 44.5 Å². The molecule has 0 atom stereocenters. The van der Waals surface area contributed by atoms with Gasteiger partial charge in [-0.3, -0.25) is 14.3 Å². The van der Waals surface area contributed by atoms with Crippen molar-refractivity contribution in [1.82, 2.24) is 24.6 Å². The van der Waals surface area contributed by atoms with Crippen molar-refractivity contribution >= 4 is 17.5 Å². The quantitative estimate of drug-likeness (QED) is 0.643. The van der Waals surface area contributed by atoms with Gasteiger partial charge in [0, 0.05) is 35.9 Å². The fourth-order valence-corrected chi connectivity index (χ4v) is 3.09. The molecule has 0 spiro atoms. The summed E-state index contributed by atoms with van der Waals surface area (Å²) in [5.74, 6) is 0.413. The van der Waals surface area contributed by atoms with Crippen LogP contribution in [0.2, 0.25) is 0 Å². The van der Waals surface area contributed by atoms with Crippen molar-refractivity contribution in [2.24, 2.45) is 0 Å². The van der Waals surface area contributed by atoms with E-state index in [1.54, 1.807) is 29.1 Å². The summed E-state index contributed by atoms with van der Waals surface area (Å²) in [7, 11) is 0. The Morgan fingerprint density at radius 2 is 1.90 bits per heavy atom. The van der Waals surface area contributed by atoms with Crippen molar-refractivity contribution in [1.29, 1.82) is 0 Å². The number of benzene rings is 1. The molecule has 2 amide bonds. The summed E-state index contributed by atoms with van der Waals surface area (Å²) in [5, 5.41) is 10.2. The minimum Gasteiger partial charge on any atom is -0.350 e. The molecule has 3 rings (SSSR count). The van der Waals surface area contributed by atoms with E-state index < -0.39 is 0 Å². The number of imidazole rings is 1. The summed E-state index contributed by atoms with van der Waals surface area (Å²) >= 11 is 0. The van der Waals surface area contributed by atoms with Crippen LogP contribution in [0.15, 0.2) is 36.7 Å². The molecule has 2 heterocycles. The van der Waals surface area contributed by atoms with Gasteiger partial charge in [-0.25, -0.2) is 4.98 Å². The van der Waals surface area contributed by atoms with Crippen LogP contribution in [0.5, 0.6) is 0 Å². The Kier molecular flexibility index (Phi) is 6.11. The van der Waals surface area contributed by atoms with Crippen LogP contribution in [-0.2, 0) is 17.9 Å². The molecule has 29 heavy (non-hydrogen) atoms. The lowest BCUT2D eigenvalue weighted by Crippen LogP contribution is -2.28. The third-order valence-electron chi connectivity index (χ3n) is 4.72. The number of aryl methyl sites for hydroxylation is 4. The molecule has 8 nitrogen and oxygen atoms in total. The fraction of sp³-hybridized carbons (Fsp3) is 0.333. The van der Waals surface area contributed by atoms with Gasteiger partial charge in [0.05, 0.1) is 12.2 Å². The molecular weight excluding hydrogens is 368 g/mol. The molecule has 8 heteroatoms. The van der Waals surface area contributed by atoms with E-state index in [0.29, 0.717) is 24.3 Å². The number of rotatable bonds is 7. The van der Waals surface area contributed by atoms with Gasteiger partial charge in [-0.15, -0.1) is 0 Å². The zero-order valence-corrected chi connectivity index (χ0v) is 17.2. The Morgan fingerprint density at radius 3 is 2.55 bits per heavy atom. The highest BCUT2D eigenvalue weighted by Gasteiger charge is 2.11. The zero-order chi connectivity index (χ0) is 21.0. The Hall–Kier alpha value is -3.42. The van der Waals surface area contributed by atoms with Crippen molar-refractivity contribution in [2.45, 2.75) is 40.8 Å². The smallest absolute Gasteiger partial charge is 0.251 e. The normalized spacial score (nSPS) is 10.8. The van der Waals surface area contributed by atoms with Crippen LogP contribution in [0.3, 0.4) is 0 Å². The molecule has 0 bridgehead atoms. The SMILES string of the molecule is Cc1cc(C)n(CCNC(=O)c2ccc(C)c(NC(=O)Cn3ccnc3C)c2)n1. The third-order valence-corrected chi connectivity index (χ3v) is 4.72. The van der Waals surface area contributed by atoms with E-state index in [-0.39, 0.29) is 18.4 Å². The molecule has 2 N–H and O–H groups in total. The molecule has 0 aliphatic rings. The molecule has 0 aliphatic carbocycles. The standard InChI is InChI=1S/C21H26N6O2/c1-14-5-6-18(21(29)23-8-10-27-16(3)11-15(2)25-27)12-19(14)24-20(28)13-26-9-7-22-17(26)4/h5-7,9,11-12H,8,10,13H2,1-4H3,(H,23,29)(H,24,28). The van der Waals surface area contributed by atoms with E-state index >= 15 is 0 Å². The topological polar surface area (TPSA) is 93.8 Å². The predicted octanol–water partition coefficient (Wildman–Crippen LogP) is 2.38. The molecule has 0 unspecified atom stereocenters. The highest BCUT2D eigenvalue weighted by molar-refractivity contribution is 5.97. The van der Waals surface area contributed by atoms with Crippen LogP contribution in [0, 0.1) is 27.7 Å². The molecule has 0 saturated carbocycles. The largest absolute Gasteiger partial charge is 0.350 e. The Balaban J connectivity index is 1.60. The van der Waals surface area contributed by atoms with Gasteiger partial charge in [0.15, 0.2) is 0 Å². The van der Waals surface area contributed by atoms with Gasteiger partial charge < -0.3 is 15.2 Å². The van der Waals surface area contributed by atoms with Crippen LogP contribution in [0.4, 0.5) is 5.69 Å². The number of anilines is 1. The number of aromatic nitrogens is 4. The second-order valence-corrected chi connectivity index (χ2v) is 7.09. The lowest BCUT2D eigenvalue weighted by Gasteiger charge is -2.12.